The van der Waals surface area contributed by atoms with Gasteiger partial charge in [-0.3, -0.25) is 10.3 Å². The number of hydrogen-bond acceptors (Lipinski definition) is 5. The number of sulfonamides is 1. The van der Waals surface area contributed by atoms with Crippen LogP contribution >= 0.6 is 0 Å². The minimum atomic E-state index is -3.75. The van der Waals surface area contributed by atoms with Gasteiger partial charge in [0.25, 0.3) is 0 Å². The fourth-order valence-electron chi connectivity index (χ4n) is 2.63. The first-order chi connectivity index (χ1) is 12.3. The van der Waals surface area contributed by atoms with Gasteiger partial charge in [-0.15, -0.1) is 0 Å². The first-order valence-corrected chi connectivity index (χ1v) is 9.64. The lowest BCUT2D eigenvalue weighted by Crippen LogP contribution is -2.58. The Morgan fingerprint density at radius 1 is 1.23 bits per heavy atom. The molecule has 1 aliphatic carbocycles. The number of anilines is 1. The SMILES string of the molecule is Cc1ccncc1NC(=O)NC1(Oc2ccc(S(N)(=O)=O)cc2)CCC1. The van der Waals surface area contributed by atoms with E-state index in [9.17, 15) is 13.2 Å². The van der Waals surface area contributed by atoms with Crippen molar-refractivity contribution in [2.24, 2.45) is 5.14 Å². The fraction of sp³-hybridized carbons (Fsp3) is 0.294. The van der Waals surface area contributed by atoms with Crippen LogP contribution in [0.4, 0.5) is 10.5 Å². The largest absolute Gasteiger partial charge is 0.468 e. The molecule has 26 heavy (non-hydrogen) atoms. The molecule has 1 heterocycles. The molecule has 3 rings (SSSR count). The normalized spacial score (nSPS) is 15.6. The van der Waals surface area contributed by atoms with Crippen molar-refractivity contribution in [2.45, 2.75) is 36.8 Å². The maximum absolute atomic E-state index is 12.3. The van der Waals surface area contributed by atoms with Crippen LogP contribution in [0.15, 0.2) is 47.6 Å². The van der Waals surface area contributed by atoms with Gasteiger partial charge in [-0.1, -0.05) is 0 Å². The molecule has 0 radical (unpaired) electrons. The number of hydrogen-bond donors (Lipinski definition) is 3. The highest BCUT2D eigenvalue weighted by Gasteiger charge is 2.41. The van der Waals surface area contributed by atoms with Crippen LogP contribution in [0.2, 0.25) is 0 Å². The summed E-state index contributed by atoms with van der Waals surface area (Å²) < 4.78 is 28.5. The summed E-state index contributed by atoms with van der Waals surface area (Å²) in [6.07, 6.45) is 5.46. The van der Waals surface area contributed by atoms with Crippen LogP contribution in [-0.2, 0) is 10.0 Å². The summed E-state index contributed by atoms with van der Waals surface area (Å²) in [6, 6.07) is 7.20. The highest BCUT2D eigenvalue weighted by atomic mass is 32.2. The topological polar surface area (TPSA) is 123 Å². The summed E-state index contributed by atoms with van der Waals surface area (Å²) in [5, 5.41) is 10.7. The number of nitrogens with two attached hydrogens (primary N) is 1. The van der Waals surface area contributed by atoms with Crippen molar-refractivity contribution in [3.63, 3.8) is 0 Å². The van der Waals surface area contributed by atoms with E-state index in [2.05, 4.69) is 15.6 Å². The van der Waals surface area contributed by atoms with E-state index in [0.717, 1.165) is 12.0 Å². The highest BCUT2D eigenvalue weighted by molar-refractivity contribution is 7.89. The Bertz CT molecular complexity index is 909. The zero-order valence-electron chi connectivity index (χ0n) is 14.2. The molecule has 2 amide bonds. The maximum Gasteiger partial charge on any atom is 0.322 e. The summed E-state index contributed by atoms with van der Waals surface area (Å²) in [5.74, 6) is 0.454. The average molecular weight is 376 g/mol. The van der Waals surface area contributed by atoms with Crippen molar-refractivity contribution in [1.29, 1.82) is 0 Å². The smallest absolute Gasteiger partial charge is 0.322 e. The quantitative estimate of drug-likeness (QED) is 0.690. The lowest BCUT2D eigenvalue weighted by atomic mass is 9.88. The Morgan fingerprint density at radius 2 is 1.92 bits per heavy atom. The Kier molecular flexibility index (Phi) is 4.84. The van der Waals surface area contributed by atoms with Crippen molar-refractivity contribution < 1.29 is 17.9 Å². The van der Waals surface area contributed by atoms with Gasteiger partial charge in [0.2, 0.25) is 10.0 Å². The molecule has 0 spiro atoms. The van der Waals surface area contributed by atoms with E-state index in [0.29, 0.717) is 24.3 Å². The Balaban J connectivity index is 1.67. The molecule has 9 heteroatoms. The molecule has 4 N–H and O–H groups in total. The van der Waals surface area contributed by atoms with E-state index in [1.54, 1.807) is 18.5 Å². The first-order valence-electron chi connectivity index (χ1n) is 8.09. The summed E-state index contributed by atoms with van der Waals surface area (Å²) in [5.41, 5.74) is 0.706. The molecule has 0 unspecified atom stereocenters. The zero-order chi connectivity index (χ0) is 18.8. The molecule has 1 fully saturated rings. The van der Waals surface area contributed by atoms with Crippen molar-refractivity contribution in [2.75, 3.05) is 5.32 Å². The molecule has 1 aromatic heterocycles. The molecule has 0 saturated heterocycles. The number of carbonyl (C=O) groups is 1. The second kappa shape index (κ2) is 6.93. The number of amides is 2. The fourth-order valence-corrected chi connectivity index (χ4v) is 3.14. The number of aryl methyl sites for hydroxylation is 1. The third-order valence-corrected chi connectivity index (χ3v) is 5.18. The van der Waals surface area contributed by atoms with Gasteiger partial charge in [0.05, 0.1) is 16.8 Å². The number of aromatic nitrogens is 1. The molecule has 0 atom stereocenters. The summed E-state index contributed by atoms with van der Waals surface area (Å²) in [4.78, 5) is 16.3. The molecule has 1 saturated carbocycles. The number of ether oxygens (including phenoxy) is 1. The molecule has 138 valence electrons. The second-order valence-electron chi connectivity index (χ2n) is 6.24. The molecular formula is C17H20N4O4S. The summed E-state index contributed by atoms with van der Waals surface area (Å²) in [7, 11) is -3.75. The number of urea groups is 1. The second-order valence-corrected chi connectivity index (χ2v) is 7.80. The monoisotopic (exact) mass is 376 g/mol. The summed E-state index contributed by atoms with van der Waals surface area (Å²) in [6.45, 7) is 1.87. The average Bonchev–Trinajstić information content (AvgIpc) is 2.54. The van der Waals surface area contributed by atoms with Crippen LogP contribution in [0.25, 0.3) is 0 Å². The number of rotatable bonds is 5. The van der Waals surface area contributed by atoms with E-state index in [-0.39, 0.29) is 10.9 Å². The molecule has 0 bridgehead atoms. The van der Waals surface area contributed by atoms with Gasteiger partial charge >= 0.3 is 6.03 Å². The third-order valence-electron chi connectivity index (χ3n) is 4.26. The Labute approximate surface area is 151 Å². The molecule has 1 aromatic carbocycles. The molecule has 2 aromatic rings. The van der Waals surface area contributed by atoms with Gasteiger partial charge in [0.1, 0.15) is 5.75 Å². The standard InChI is InChI=1S/C17H20N4O4S/c1-12-7-10-19-11-15(12)20-16(22)21-17(8-2-9-17)25-13-3-5-14(6-4-13)26(18,23)24/h3-7,10-11H,2,8-9H2,1H3,(H2,18,23,24)(H2,20,21,22). The van der Waals surface area contributed by atoms with Crippen LogP contribution in [0.5, 0.6) is 5.75 Å². The van der Waals surface area contributed by atoms with Gasteiger partial charge in [0.15, 0.2) is 5.72 Å². The predicted octanol–water partition coefficient (Wildman–Crippen LogP) is 2.12. The van der Waals surface area contributed by atoms with Crippen LogP contribution in [0, 0.1) is 6.92 Å². The van der Waals surface area contributed by atoms with E-state index in [1.807, 2.05) is 6.92 Å². The number of nitrogens with one attached hydrogen (secondary N) is 2. The number of nitrogens with zero attached hydrogens (tertiary/aromatic N) is 1. The van der Waals surface area contributed by atoms with Gasteiger partial charge in [-0.2, -0.15) is 0 Å². The Hall–Kier alpha value is -2.65. The van der Waals surface area contributed by atoms with Gasteiger partial charge in [-0.05, 0) is 49.2 Å². The van der Waals surface area contributed by atoms with Crippen LogP contribution in [0.1, 0.15) is 24.8 Å². The molecule has 1 aliphatic rings. The summed E-state index contributed by atoms with van der Waals surface area (Å²) >= 11 is 0. The third kappa shape index (κ3) is 4.12. The minimum Gasteiger partial charge on any atom is -0.468 e. The highest BCUT2D eigenvalue weighted by Crippen LogP contribution is 2.34. The van der Waals surface area contributed by atoms with Gasteiger partial charge in [-0.25, -0.2) is 18.4 Å². The van der Waals surface area contributed by atoms with Gasteiger partial charge < -0.3 is 10.1 Å². The molecule has 0 aliphatic heterocycles. The van der Waals surface area contributed by atoms with Crippen LogP contribution < -0.4 is 20.5 Å². The predicted molar refractivity (Wildman–Crippen MR) is 96.2 cm³/mol. The van der Waals surface area contributed by atoms with Crippen molar-refractivity contribution in [3.05, 3.63) is 48.3 Å². The lowest BCUT2D eigenvalue weighted by Gasteiger charge is -2.42. The van der Waals surface area contributed by atoms with Crippen molar-refractivity contribution in [3.8, 4) is 5.75 Å². The van der Waals surface area contributed by atoms with E-state index in [4.69, 9.17) is 9.88 Å². The molecular weight excluding hydrogens is 356 g/mol. The molecule has 8 nitrogen and oxygen atoms in total. The van der Waals surface area contributed by atoms with E-state index >= 15 is 0 Å². The number of primary sulfonamides is 1. The number of benzene rings is 1. The van der Waals surface area contributed by atoms with Crippen LogP contribution in [-0.4, -0.2) is 25.2 Å². The minimum absolute atomic E-state index is 0.00487. The van der Waals surface area contributed by atoms with Crippen molar-refractivity contribution in [1.82, 2.24) is 10.3 Å². The van der Waals surface area contributed by atoms with E-state index < -0.39 is 15.7 Å². The lowest BCUT2D eigenvalue weighted by molar-refractivity contribution is -0.0260. The first kappa shape index (κ1) is 18.2. The van der Waals surface area contributed by atoms with Gasteiger partial charge in [0, 0.05) is 19.0 Å². The van der Waals surface area contributed by atoms with E-state index in [1.165, 1.54) is 24.3 Å². The number of carbonyl (C=O) groups excluding carboxylic acids is 1. The number of pyridine rings is 1. The Morgan fingerprint density at radius 3 is 2.46 bits per heavy atom. The maximum atomic E-state index is 12.3. The zero-order valence-corrected chi connectivity index (χ0v) is 15.0. The van der Waals surface area contributed by atoms with Crippen LogP contribution in [0.3, 0.4) is 0 Å². The van der Waals surface area contributed by atoms with Crippen molar-refractivity contribution >= 4 is 21.7 Å².